The molecule has 0 aromatic heterocycles. The molecule has 0 amide bonds. The highest BCUT2D eigenvalue weighted by atomic mass is 28.4. The maximum Gasteiger partial charge on any atom is 0.261 e. The van der Waals surface area contributed by atoms with E-state index >= 15 is 0 Å². The second-order valence-electron chi connectivity index (χ2n) is 10.1. The molecule has 6 nitrogen and oxygen atoms in total. The summed E-state index contributed by atoms with van der Waals surface area (Å²) in [5.41, 5.74) is 0. The summed E-state index contributed by atoms with van der Waals surface area (Å²) in [7, 11) is -2.93. The summed E-state index contributed by atoms with van der Waals surface area (Å²) in [5.74, 6) is -0.822. The molecular formula is C25H34O6Si. The van der Waals surface area contributed by atoms with Gasteiger partial charge in [0, 0.05) is 0 Å². The van der Waals surface area contributed by atoms with Crippen LogP contribution in [0.15, 0.2) is 60.7 Å². The molecule has 0 bridgehead atoms. The van der Waals surface area contributed by atoms with Gasteiger partial charge in [0.15, 0.2) is 12.1 Å². The minimum Gasteiger partial charge on any atom is -0.399 e. The Morgan fingerprint density at radius 2 is 1.50 bits per heavy atom. The Hall–Kier alpha value is -1.58. The van der Waals surface area contributed by atoms with Crippen LogP contribution in [0, 0.1) is 0 Å². The number of hydrogen-bond acceptors (Lipinski definition) is 6. The molecule has 7 heteroatoms. The Morgan fingerprint density at radius 3 is 1.97 bits per heavy atom. The molecule has 2 aromatic rings. The van der Waals surface area contributed by atoms with Crippen LogP contribution in [-0.2, 0) is 18.6 Å². The van der Waals surface area contributed by atoms with Crippen molar-refractivity contribution in [1.82, 2.24) is 0 Å². The minimum atomic E-state index is -2.93. The van der Waals surface area contributed by atoms with Gasteiger partial charge >= 0.3 is 0 Å². The van der Waals surface area contributed by atoms with Crippen molar-refractivity contribution in [2.45, 2.75) is 76.1 Å². The fourth-order valence-electron chi connectivity index (χ4n) is 4.95. The fraction of sp³-hybridized carbons (Fsp3) is 0.520. The molecular weight excluding hydrogens is 424 g/mol. The van der Waals surface area contributed by atoms with Crippen LogP contribution in [0.2, 0.25) is 5.04 Å². The van der Waals surface area contributed by atoms with E-state index in [4.69, 9.17) is 18.6 Å². The van der Waals surface area contributed by atoms with Crippen LogP contribution < -0.4 is 10.4 Å². The van der Waals surface area contributed by atoms with Crippen LogP contribution in [-0.4, -0.2) is 61.6 Å². The molecule has 0 spiro atoms. The molecule has 174 valence electrons. The van der Waals surface area contributed by atoms with Crippen molar-refractivity contribution in [1.29, 1.82) is 0 Å². The van der Waals surface area contributed by atoms with E-state index in [1.54, 1.807) is 0 Å². The number of benzene rings is 2. The highest BCUT2D eigenvalue weighted by molar-refractivity contribution is 6.99. The molecule has 0 aliphatic carbocycles. The van der Waals surface area contributed by atoms with Crippen molar-refractivity contribution in [3.63, 3.8) is 0 Å². The normalized spacial score (nSPS) is 28.5. The average Bonchev–Trinajstić information content (AvgIpc) is 3.23. The third kappa shape index (κ3) is 4.07. The van der Waals surface area contributed by atoms with E-state index in [9.17, 15) is 10.2 Å². The van der Waals surface area contributed by atoms with E-state index in [1.165, 1.54) is 0 Å². The third-order valence-corrected chi connectivity index (χ3v) is 11.4. The van der Waals surface area contributed by atoms with Crippen molar-refractivity contribution < 1.29 is 28.8 Å². The zero-order chi connectivity index (χ0) is 23.1. The quantitative estimate of drug-likeness (QED) is 0.646. The third-order valence-electron chi connectivity index (χ3n) is 6.32. The lowest BCUT2D eigenvalue weighted by atomic mass is 10.1. The maximum absolute atomic E-state index is 10.6. The summed E-state index contributed by atoms with van der Waals surface area (Å²) in [6.45, 7) is 9.83. The molecule has 2 aromatic carbocycles. The lowest BCUT2D eigenvalue weighted by molar-refractivity contribution is -0.226. The molecule has 2 aliphatic heterocycles. The summed E-state index contributed by atoms with van der Waals surface area (Å²) >= 11 is 0. The Kier molecular flexibility index (Phi) is 6.37. The molecule has 4 rings (SSSR count). The van der Waals surface area contributed by atoms with Crippen LogP contribution in [0.3, 0.4) is 0 Å². The SMILES string of the molecule is CC1(C)O[C@@H]2O[C@H]([C@H](O)CO)[C@H](O[Si](c3ccccc3)(c3ccccc3)C(C)(C)C)[C@H]2O1. The van der Waals surface area contributed by atoms with Crippen molar-refractivity contribution in [3.8, 4) is 0 Å². The lowest BCUT2D eigenvalue weighted by Crippen LogP contribution is -2.69. The fourth-order valence-corrected chi connectivity index (χ4v) is 9.64. The van der Waals surface area contributed by atoms with Gasteiger partial charge in [-0.2, -0.15) is 0 Å². The Morgan fingerprint density at radius 1 is 0.969 bits per heavy atom. The van der Waals surface area contributed by atoms with Crippen LogP contribution in [0.5, 0.6) is 0 Å². The van der Waals surface area contributed by atoms with E-state index in [0.717, 1.165) is 10.4 Å². The number of ether oxygens (including phenoxy) is 3. The van der Waals surface area contributed by atoms with Gasteiger partial charge in [-0.05, 0) is 29.3 Å². The summed E-state index contributed by atoms with van der Waals surface area (Å²) in [6, 6.07) is 20.6. The molecule has 0 saturated carbocycles. The van der Waals surface area contributed by atoms with Gasteiger partial charge in [0.2, 0.25) is 0 Å². The topological polar surface area (TPSA) is 77.4 Å². The average molecular weight is 459 g/mol. The largest absolute Gasteiger partial charge is 0.399 e. The Labute approximate surface area is 191 Å². The predicted octanol–water partition coefficient (Wildman–Crippen LogP) is 2.16. The first-order valence-electron chi connectivity index (χ1n) is 11.2. The number of hydrogen-bond donors (Lipinski definition) is 2. The number of fused-ring (bicyclic) bond motifs is 1. The van der Waals surface area contributed by atoms with E-state index < -0.39 is 51.4 Å². The maximum atomic E-state index is 10.6. The van der Waals surface area contributed by atoms with Crippen molar-refractivity contribution in [2.24, 2.45) is 0 Å². The van der Waals surface area contributed by atoms with Crippen LogP contribution in [0.4, 0.5) is 0 Å². The van der Waals surface area contributed by atoms with Crippen molar-refractivity contribution in [2.75, 3.05) is 6.61 Å². The second kappa shape index (κ2) is 8.65. The molecule has 5 atom stereocenters. The highest BCUT2D eigenvalue weighted by Crippen LogP contribution is 2.44. The van der Waals surface area contributed by atoms with E-state index in [0.29, 0.717) is 0 Å². The number of aliphatic hydroxyl groups excluding tert-OH is 2. The van der Waals surface area contributed by atoms with E-state index in [2.05, 4.69) is 45.0 Å². The van der Waals surface area contributed by atoms with E-state index in [-0.39, 0.29) is 5.04 Å². The first kappa shape index (κ1) is 23.6. The van der Waals surface area contributed by atoms with Crippen LogP contribution in [0.25, 0.3) is 0 Å². The summed E-state index contributed by atoms with van der Waals surface area (Å²) in [5, 5.41) is 22.3. The Bertz CT molecular complexity index is 858. The first-order valence-corrected chi connectivity index (χ1v) is 13.1. The molecule has 0 unspecified atom stereocenters. The van der Waals surface area contributed by atoms with Gasteiger partial charge in [0.1, 0.15) is 24.4 Å². The van der Waals surface area contributed by atoms with Gasteiger partial charge in [-0.15, -0.1) is 0 Å². The monoisotopic (exact) mass is 458 g/mol. The Balaban J connectivity index is 1.86. The smallest absolute Gasteiger partial charge is 0.261 e. The molecule has 2 N–H and O–H groups in total. The zero-order valence-electron chi connectivity index (χ0n) is 19.4. The second-order valence-corrected chi connectivity index (χ2v) is 14.3. The summed E-state index contributed by atoms with van der Waals surface area (Å²) in [6.07, 6.45) is -3.68. The van der Waals surface area contributed by atoms with Crippen molar-refractivity contribution in [3.05, 3.63) is 60.7 Å². The molecule has 2 aliphatic rings. The highest BCUT2D eigenvalue weighted by Gasteiger charge is 2.61. The first-order chi connectivity index (χ1) is 15.1. The van der Waals surface area contributed by atoms with Gasteiger partial charge < -0.3 is 28.8 Å². The predicted molar refractivity (Wildman–Crippen MR) is 124 cm³/mol. The molecule has 2 saturated heterocycles. The van der Waals surface area contributed by atoms with Crippen LogP contribution >= 0.6 is 0 Å². The van der Waals surface area contributed by atoms with Gasteiger partial charge in [-0.25, -0.2) is 0 Å². The molecule has 32 heavy (non-hydrogen) atoms. The van der Waals surface area contributed by atoms with Crippen molar-refractivity contribution >= 4 is 18.7 Å². The van der Waals surface area contributed by atoms with Gasteiger partial charge in [-0.3, -0.25) is 0 Å². The molecule has 0 radical (unpaired) electrons. The number of rotatable bonds is 6. The summed E-state index contributed by atoms with van der Waals surface area (Å²) < 4.78 is 25.4. The minimum absolute atomic E-state index is 0.252. The molecule has 2 heterocycles. The molecule has 2 fully saturated rings. The van der Waals surface area contributed by atoms with Gasteiger partial charge in [0.25, 0.3) is 8.32 Å². The van der Waals surface area contributed by atoms with E-state index in [1.807, 2.05) is 50.2 Å². The lowest BCUT2D eigenvalue weighted by Gasteiger charge is -2.46. The summed E-state index contributed by atoms with van der Waals surface area (Å²) in [4.78, 5) is 0. The zero-order valence-corrected chi connectivity index (χ0v) is 20.4. The number of aliphatic hydroxyl groups is 2. The van der Waals surface area contributed by atoms with Crippen LogP contribution in [0.1, 0.15) is 34.6 Å². The van der Waals surface area contributed by atoms with Gasteiger partial charge in [0.05, 0.1) is 6.61 Å². The standard InChI is InChI=1S/C25H34O6Si/c1-24(2,3)32(17-12-8-6-9-13-17,18-14-10-7-11-15-18)31-21-20(19(27)16-26)28-23-22(21)29-25(4,5)30-23/h6-15,19-23,26-27H,16H2,1-5H3/t19-,20-,21+,22-,23+/m1/s1. The van der Waals surface area contributed by atoms with Gasteiger partial charge in [-0.1, -0.05) is 81.4 Å².